The first kappa shape index (κ1) is 11.4. The molecule has 1 aromatic heterocycles. The van der Waals surface area contributed by atoms with Crippen molar-refractivity contribution in [2.45, 2.75) is 26.8 Å². The highest BCUT2D eigenvalue weighted by atomic mass is 79.9. The summed E-state index contributed by atoms with van der Waals surface area (Å²) in [5, 5.41) is 1.21. The van der Waals surface area contributed by atoms with E-state index in [0.29, 0.717) is 6.42 Å². The number of hydrogen-bond acceptors (Lipinski definition) is 1. The van der Waals surface area contributed by atoms with Gasteiger partial charge in [0.05, 0.1) is 0 Å². The van der Waals surface area contributed by atoms with Gasteiger partial charge in [0.25, 0.3) is 0 Å². The summed E-state index contributed by atoms with van der Waals surface area (Å²) < 4.78 is 3.33. The number of hydrogen-bond donors (Lipinski definition) is 0. The molecular weight excluding hydrogens is 266 g/mol. The van der Waals surface area contributed by atoms with E-state index in [0.717, 1.165) is 11.0 Å². The lowest BCUT2D eigenvalue weighted by Crippen LogP contribution is -2.03. The fraction of sp³-hybridized carbons (Fsp3) is 0.308. The lowest BCUT2D eigenvalue weighted by atomic mass is 10.2. The molecular formula is C13H14BrNO. The van der Waals surface area contributed by atoms with E-state index in [1.807, 2.05) is 12.1 Å². The number of ketones is 1. The van der Waals surface area contributed by atoms with Crippen LogP contribution in [0.2, 0.25) is 0 Å². The number of nitrogens with zero attached hydrogens (tertiary/aromatic N) is 1. The number of aromatic nitrogens is 1. The standard InChI is InChI=1S/C13H14BrNO/c1-9(16)7-8-15-10(2)13(14)11-5-3-4-6-12(11)15/h3-6H,7-8H2,1-2H3. The third-order valence-electron chi connectivity index (χ3n) is 2.84. The molecule has 0 N–H and O–H groups in total. The highest BCUT2D eigenvalue weighted by Crippen LogP contribution is 2.30. The Kier molecular flexibility index (Phi) is 3.15. The molecule has 0 saturated carbocycles. The van der Waals surface area contributed by atoms with E-state index < -0.39 is 0 Å². The monoisotopic (exact) mass is 279 g/mol. The van der Waals surface area contributed by atoms with Crippen LogP contribution >= 0.6 is 15.9 Å². The summed E-state index contributed by atoms with van der Waals surface area (Å²) in [6, 6.07) is 8.24. The van der Waals surface area contributed by atoms with Crippen molar-refractivity contribution in [2.24, 2.45) is 0 Å². The molecule has 0 bridgehead atoms. The summed E-state index contributed by atoms with van der Waals surface area (Å²) in [7, 11) is 0. The molecule has 84 valence electrons. The van der Waals surface area contributed by atoms with Crippen LogP contribution in [0, 0.1) is 6.92 Å². The van der Waals surface area contributed by atoms with Crippen molar-refractivity contribution in [3.8, 4) is 0 Å². The average molecular weight is 280 g/mol. The van der Waals surface area contributed by atoms with Crippen LogP contribution in [-0.4, -0.2) is 10.4 Å². The summed E-state index contributed by atoms with van der Waals surface area (Å²) in [5.41, 5.74) is 2.37. The first-order valence-electron chi connectivity index (χ1n) is 5.34. The van der Waals surface area contributed by atoms with Gasteiger partial charge in [0.1, 0.15) is 5.78 Å². The molecule has 3 heteroatoms. The molecule has 0 amide bonds. The minimum Gasteiger partial charge on any atom is -0.343 e. The van der Waals surface area contributed by atoms with E-state index in [9.17, 15) is 4.79 Å². The van der Waals surface area contributed by atoms with Crippen molar-refractivity contribution < 1.29 is 4.79 Å². The van der Waals surface area contributed by atoms with Gasteiger partial charge in [-0.25, -0.2) is 0 Å². The van der Waals surface area contributed by atoms with Gasteiger partial charge in [-0.1, -0.05) is 18.2 Å². The van der Waals surface area contributed by atoms with Gasteiger partial charge in [-0.05, 0) is 35.8 Å². The quantitative estimate of drug-likeness (QED) is 0.840. The van der Waals surface area contributed by atoms with E-state index in [1.54, 1.807) is 6.92 Å². The lowest BCUT2D eigenvalue weighted by molar-refractivity contribution is -0.117. The number of carbonyl (C=O) groups excluding carboxylic acids is 1. The Labute approximate surface area is 103 Å². The molecule has 2 rings (SSSR count). The Morgan fingerprint density at radius 2 is 2.06 bits per heavy atom. The molecule has 0 unspecified atom stereocenters. The second kappa shape index (κ2) is 4.42. The molecule has 0 saturated heterocycles. The molecule has 0 aliphatic rings. The van der Waals surface area contributed by atoms with Gasteiger partial charge in [-0.15, -0.1) is 0 Å². The minimum atomic E-state index is 0.230. The van der Waals surface area contributed by atoms with Crippen molar-refractivity contribution in [3.63, 3.8) is 0 Å². The van der Waals surface area contributed by atoms with Gasteiger partial charge in [0.2, 0.25) is 0 Å². The summed E-state index contributed by atoms with van der Waals surface area (Å²) in [4.78, 5) is 11.0. The van der Waals surface area contributed by atoms with Gasteiger partial charge in [0, 0.05) is 34.0 Å². The van der Waals surface area contributed by atoms with Gasteiger partial charge >= 0.3 is 0 Å². The minimum absolute atomic E-state index is 0.230. The van der Waals surface area contributed by atoms with Gasteiger partial charge in [-0.3, -0.25) is 4.79 Å². The Hall–Kier alpha value is -1.09. The van der Waals surface area contributed by atoms with E-state index in [2.05, 4.69) is 39.6 Å². The molecule has 0 spiro atoms. The van der Waals surface area contributed by atoms with Crippen molar-refractivity contribution >= 4 is 32.6 Å². The number of fused-ring (bicyclic) bond motifs is 1. The third kappa shape index (κ3) is 1.92. The Morgan fingerprint density at radius 3 is 2.75 bits per heavy atom. The molecule has 2 aromatic rings. The molecule has 0 aliphatic heterocycles. The van der Waals surface area contributed by atoms with Crippen LogP contribution in [0.5, 0.6) is 0 Å². The van der Waals surface area contributed by atoms with Crippen molar-refractivity contribution in [1.82, 2.24) is 4.57 Å². The molecule has 2 nitrogen and oxygen atoms in total. The van der Waals surface area contributed by atoms with E-state index >= 15 is 0 Å². The van der Waals surface area contributed by atoms with Gasteiger partial charge in [-0.2, -0.15) is 0 Å². The smallest absolute Gasteiger partial charge is 0.131 e. The summed E-state index contributed by atoms with van der Waals surface area (Å²) in [6.07, 6.45) is 0.589. The fourth-order valence-electron chi connectivity index (χ4n) is 1.95. The fourth-order valence-corrected chi connectivity index (χ4v) is 2.50. The first-order valence-corrected chi connectivity index (χ1v) is 6.13. The molecule has 16 heavy (non-hydrogen) atoms. The van der Waals surface area contributed by atoms with E-state index in [1.165, 1.54) is 16.6 Å². The van der Waals surface area contributed by atoms with E-state index in [-0.39, 0.29) is 5.78 Å². The zero-order valence-corrected chi connectivity index (χ0v) is 11.0. The second-order valence-electron chi connectivity index (χ2n) is 4.02. The zero-order valence-electron chi connectivity index (χ0n) is 9.46. The Bertz CT molecular complexity index is 542. The highest BCUT2D eigenvalue weighted by molar-refractivity contribution is 9.10. The number of benzene rings is 1. The molecule has 0 atom stereocenters. The molecule has 1 heterocycles. The molecule has 0 aliphatic carbocycles. The average Bonchev–Trinajstić information content (AvgIpc) is 2.50. The predicted octanol–water partition coefficient (Wildman–Crippen LogP) is 3.69. The topological polar surface area (TPSA) is 22.0 Å². The third-order valence-corrected chi connectivity index (χ3v) is 3.84. The number of rotatable bonds is 3. The predicted molar refractivity (Wildman–Crippen MR) is 69.7 cm³/mol. The molecule has 0 fully saturated rings. The van der Waals surface area contributed by atoms with E-state index in [4.69, 9.17) is 0 Å². The van der Waals surface area contributed by atoms with Crippen LogP contribution in [0.3, 0.4) is 0 Å². The molecule has 1 aromatic carbocycles. The van der Waals surface area contributed by atoms with Crippen molar-refractivity contribution in [2.75, 3.05) is 0 Å². The maximum absolute atomic E-state index is 11.0. The summed E-state index contributed by atoms with van der Waals surface area (Å²) >= 11 is 3.60. The van der Waals surface area contributed by atoms with Crippen LogP contribution in [-0.2, 0) is 11.3 Å². The Morgan fingerprint density at radius 1 is 1.38 bits per heavy atom. The number of Topliss-reactive ketones (excluding diaryl/α,β-unsaturated/α-hetero) is 1. The van der Waals surface area contributed by atoms with Crippen LogP contribution < -0.4 is 0 Å². The summed E-state index contributed by atoms with van der Waals surface area (Å²) in [6.45, 7) is 4.47. The number of halogens is 1. The van der Waals surface area contributed by atoms with Gasteiger partial charge in [0.15, 0.2) is 0 Å². The maximum Gasteiger partial charge on any atom is 0.131 e. The highest BCUT2D eigenvalue weighted by Gasteiger charge is 2.11. The van der Waals surface area contributed by atoms with Crippen LogP contribution in [0.4, 0.5) is 0 Å². The van der Waals surface area contributed by atoms with Crippen LogP contribution in [0.25, 0.3) is 10.9 Å². The number of aryl methyl sites for hydroxylation is 1. The molecule has 0 radical (unpaired) electrons. The number of para-hydroxylation sites is 1. The lowest BCUT2D eigenvalue weighted by Gasteiger charge is -2.06. The zero-order chi connectivity index (χ0) is 11.7. The van der Waals surface area contributed by atoms with Crippen molar-refractivity contribution in [1.29, 1.82) is 0 Å². The SMILES string of the molecule is CC(=O)CCn1c(C)c(Br)c2ccccc21. The maximum atomic E-state index is 11.0. The first-order chi connectivity index (χ1) is 7.61. The van der Waals surface area contributed by atoms with Crippen LogP contribution in [0.1, 0.15) is 19.0 Å². The number of carbonyl (C=O) groups is 1. The largest absolute Gasteiger partial charge is 0.343 e. The van der Waals surface area contributed by atoms with Crippen molar-refractivity contribution in [3.05, 3.63) is 34.4 Å². The van der Waals surface area contributed by atoms with Crippen LogP contribution in [0.15, 0.2) is 28.7 Å². The Balaban J connectivity index is 2.51. The van der Waals surface area contributed by atoms with Gasteiger partial charge < -0.3 is 4.57 Å². The second-order valence-corrected chi connectivity index (χ2v) is 4.81. The summed E-state index contributed by atoms with van der Waals surface area (Å²) in [5.74, 6) is 0.230. The normalized spacial score (nSPS) is 10.9.